The van der Waals surface area contributed by atoms with Gasteiger partial charge >= 0.3 is 0 Å². The van der Waals surface area contributed by atoms with Crippen LogP contribution in [-0.4, -0.2) is 19.8 Å². The maximum Gasteiger partial charge on any atom is 0.218 e. The van der Waals surface area contributed by atoms with E-state index in [0.717, 1.165) is 5.69 Å². The first-order chi connectivity index (χ1) is 8.63. The first kappa shape index (κ1) is 10.8. The zero-order chi connectivity index (χ0) is 12.7. The number of aromatic nitrogens is 4. The number of ether oxygens (including phenoxy) is 1. The van der Waals surface area contributed by atoms with E-state index in [1.54, 1.807) is 23.7 Å². The van der Waals surface area contributed by atoms with E-state index in [0.29, 0.717) is 23.0 Å². The summed E-state index contributed by atoms with van der Waals surface area (Å²) in [5, 5.41) is 7.18. The number of rotatable bonds is 2. The first-order valence-corrected chi connectivity index (χ1v) is 5.49. The molecule has 6 heteroatoms. The molecule has 3 aromatic rings. The van der Waals surface area contributed by atoms with Crippen LogP contribution in [0.25, 0.3) is 5.65 Å². The lowest BCUT2D eigenvalue weighted by Crippen LogP contribution is -1.87. The fourth-order valence-corrected chi connectivity index (χ4v) is 1.76. The van der Waals surface area contributed by atoms with Crippen LogP contribution in [0.1, 0.15) is 11.5 Å². The van der Waals surface area contributed by atoms with Gasteiger partial charge in [0.2, 0.25) is 5.65 Å². The second-order valence-electron chi connectivity index (χ2n) is 4.02. The van der Waals surface area contributed by atoms with E-state index in [4.69, 9.17) is 4.74 Å². The van der Waals surface area contributed by atoms with E-state index in [-0.39, 0.29) is 5.82 Å². The number of aromatic amines is 1. The molecular formula is C12H11FN4O. The van der Waals surface area contributed by atoms with Gasteiger partial charge in [-0.2, -0.15) is 0 Å². The van der Waals surface area contributed by atoms with Gasteiger partial charge in [0.25, 0.3) is 0 Å². The molecule has 2 heterocycles. The zero-order valence-electron chi connectivity index (χ0n) is 9.94. The largest absolute Gasteiger partial charge is 0.451 e. The highest BCUT2D eigenvalue weighted by Gasteiger charge is 2.14. The smallest absolute Gasteiger partial charge is 0.218 e. The van der Waals surface area contributed by atoms with Crippen LogP contribution in [0.3, 0.4) is 0 Å². The van der Waals surface area contributed by atoms with Gasteiger partial charge in [-0.15, -0.1) is 9.73 Å². The SMILES string of the molecule is Cc1nc2c(Oc3ccc(F)cc3)c(C)[nH]n2n1. The Bertz CT molecular complexity index is 699. The van der Waals surface area contributed by atoms with Gasteiger partial charge in [-0.1, -0.05) is 0 Å². The predicted octanol–water partition coefficient (Wildman–Crippen LogP) is 2.61. The van der Waals surface area contributed by atoms with Gasteiger partial charge in [0.05, 0.1) is 5.69 Å². The van der Waals surface area contributed by atoms with Crippen molar-refractivity contribution in [3.05, 3.63) is 41.6 Å². The first-order valence-electron chi connectivity index (χ1n) is 5.49. The minimum absolute atomic E-state index is 0.295. The summed E-state index contributed by atoms with van der Waals surface area (Å²) in [6.07, 6.45) is 0. The number of nitrogens with zero attached hydrogens (tertiary/aromatic N) is 3. The third kappa shape index (κ3) is 1.71. The zero-order valence-corrected chi connectivity index (χ0v) is 9.94. The molecule has 2 aromatic heterocycles. The van der Waals surface area contributed by atoms with Gasteiger partial charge in [-0.05, 0) is 38.1 Å². The van der Waals surface area contributed by atoms with Crippen molar-refractivity contribution in [2.45, 2.75) is 13.8 Å². The van der Waals surface area contributed by atoms with Gasteiger partial charge in [0.15, 0.2) is 11.6 Å². The highest BCUT2D eigenvalue weighted by atomic mass is 19.1. The van der Waals surface area contributed by atoms with Crippen molar-refractivity contribution in [2.24, 2.45) is 0 Å². The molecule has 0 unspecified atom stereocenters. The molecule has 0 atom stereocenters. The molecule has 1 aromatic carbocycles. The summed E-state index contributed by atoms with van der Waals surface area (Å²) in [5.74, 6) is 1.52. The number of nitrogens with one attached hydrogen (secondary N) is 1. The molecule has 0 saturated carbocycles. The molecule has 0 saturated heterocycles. The number of hydrogen-bond acceptors (Lipinski definition) is 3. The van der Waals surface area contributed by atoms with Crippen LogP contribution in [-0.2, 0) is 0 Å². The molecule has 0 fully saturated rings. The number of hydrogen-bond donors (Lipinski definition) is 1. The molecule has 1 N–H and O–H groups in total. The monoisotopic (exact) mass is 246 g/mol. The maximum absolute atomic E-state index is 12.8. The summed E-state index contributed by atoms with van der Waals surface area (Å²) in [6, 6.07) is 5.84. The number of aryl methyl sites for hydroxylation is 2. The molecule has 0 aliphatic carbocycles. The Kier molecular flexibility index (Phi) is 2.29. The Morgan fingerprint density at radius 1 is 1.22 bits per heavy atom. The van der Waals surface area contributed by atoms with Crippen LogP contribution in [0.15, 0.2) is 24.3 Å². The van der Waals surface area contributed by atoms with Gasteiger partial charge in [-0.25, -0.2) is 9.37 Å². The quantitative estimate of drug-likeness (QED) is 0.756. The highest BCUT2D eigenvalue weighted by Crippen LogP contribution is 2.28. The molecule has 92 valence electrons. The number of fused-ring (bicyclic) bond motifs is 1. The van der Waals surface area contributed by atoms with E-state index in [1.807, 2.05) is 6.92 Å². The van der Waals surface area contributed by atoms with Crippen molar-refractivity contribution in [1.29, 1.82) is 0 Å². The van der Waals surface area contributed by atoms with E-state index < -0.39 is 0 Å². The van der Waals surface area contributed by atoms with Crippen LogP contribution in [0.2, 0.25) is 0 Å². The van der Waals surface area contributed by atoms with Crippen LogP contribution >= 0.6 is 0 Å². The average molecular weight is 246 g/mol. The fourth-order valence-electron chi connectivity index (χ4n) is 1.76. The molecule has 0 aliphatic heterocycles. The van der Waals surface area contributed by atoms with Crippen molar-refractivity contribution < 1.29 is 9.13 Å². The summed E-state index contributed by atoms with van der Waals surface area (Å²) >= 11 is 0. The Labute approximate surface area is 102 Å². The third-order valence-electron chi connectivity index (χ3n) is 2.56. The second kappa shape index (κ2) is 3.83. The Morgan fingerprint density at radius 2 is 1.94 bits per heavy atom. The predicted molar refractivity (Wildman–Crippen MR) is 63.3 cm³/mol. The summed E-state index contributed by atoms with van der Waals surface area (Å²) in [5.41, 5.74) is 1.43. The highest BCUT2D eigenvalue weighted by molar-refractivity contribution is 5.57. The van der Waals surface area contributed by atoms with Gasteiger partial charge in [0, 0.05) is 0 Å². The summed E-state index contributed by atoms with van der Waals surface area (Å²) in [4.78, 5) is 4.27. The van der Waals surface area contributed by atoms with Crippen LogP contribution in [0.4, 0.5) is 4.39 Å². The molecule has 0 radical (unpaired) electrons. The van der Waals surface area contributed by atoms with Crippen molar-refractivity contribution in [2.75, 3.05) is 0 Å². The molecular weight excluding hydrogens is 235 g/mol. The lowest BCUT2D eigenvalue weighted by Gasteiger charge is -2.03. The Hall–Kier alpha value is -2.37. The molecule has 0 spiro atoms. The summed E-state index contributed by atoms with van der Waals surface area (Å²) in [6.45, 7) is 3.67. The van der Waals surface area contributed by atoms with E-state index in [9.17, 15) is 4.39 Å². The second-order valence-corrected chi connectivity index (χ2v) is 4.02. The molecule has 18 heavy (non-hydrogen) atoms. The minimum Gasteiger partial charge on any atom is -0.451 e. The third-order valence-corrected chi connectivity index (χ3v) is 2.56. The van der Waals surface area contributed by atoms with Gasteiger partial charge < -0.3 is 4.74 Å². The molecule has 0 amide bonds. The van der Waals surface area contributed by atoms with Crippen LogP contribution < -0.4 is 4.74 Å². The number of H-pyrrole nitrogens is 1. The van der Waals surface area contributed by atoms with Crippen LogP contribution in [0, 0.1) is 19.7 Å². The van der Waals surface area contributed by atoms with Crippen molar-refractivity contribution in [3.63, 3.8) is 0 Å². The summed E-state index contributed by atoms with van der Waals surface area (Å²) < 4.78 is 20.1. The van der Waals surface area contributed by atoms with E-state index >= 15 is 0 Å². The fraction of sp³-hybridized carbons (Fsp3) is 0.167. The topological polar surface area (TPSA) is 55.2 Å². The number of benzene rings is 1. The summed E-state index contributed by atoms with van der Waals surface area (Å²) in [7, 11) is 0. The Morgan fingerprint density at radius 3 is 2.67 bits per heavy atom. The van der Waals surface area contributed by atoms with E-state index in [2.05, 4.69) is 15.2 Å². The normalized spacial score (nSPS) is 11.1. The standard InChI is InChI=1S/C12H11FN4O/c1-7-11(12-14-8(2)16-17(12)15-7)18-10-5-3-9(13)4-6-10/h3-6,15H,1-2H3. The van der Waals surface area contributed by atoms with Crippen molar-refractivity contribution in [1.82, 2.24) is 19.8 Å². The van der Waals surface area contributed by atoms with E-state index in [1.165, 1.54) is 12.1 Å². The molecule has 5 nitrogen and oxygen atoms in total. The molecule has 0 aliphatic rings. The van der Waals surface area contributed by atoms with Gasteiger partial charge in [0.1, 0.15) is 11.6 Å². The Balaban J connectivity index is 2.03. The number of halogens is 1. The van der Waals surface area contributed by atoms with Crippen molar-refractivity contribution >= 4 is 5.65 Å². The molecule has 3 rings (SSSR count). The molecule has 0 bridgehead atoms. The van der Waals surface area contributed by atoms with Crippen molar-refractivity contribution in [3.8, 4) is 11.5 Å². The minimum atomic E-state index is -0.295. The average Bonchev–Trinajstić information content (AvgIpc) is 2.80. The lowest BCUT2D eigenvalue weighted by atomic mass is 10.3. The lowest BCUT2D eigenvalue weighted by molar-refractivity contribution is 0.481. The van der Waals surface area contributed by atoms with Crippen LogP contribution in [0.5, 0.6) is 11.5 Å². The van der Waals surface area contributed by atoms with Gasteiger partial charge in [-0.3, -0.25) is 5.10 Å². The maximum atomic E-state index is 12.8.